The zero-order valence-corrected chi connectivity index (χ0v) is 21.5. The van der Waals surface area contributed by atoms with Crippen molar-refractivity contribution in [3.8, 4) is 5.75 Å². The molecule has 0 heterocycles. The van der Waals surface area contributed by atoms with E-state index in [1.54, 1.807) is 36.3 Å². The molecule has 2 amide bonds. The van der Waals surface area contributed by atoms with E-state index in [9.17, 15) is 29.2 Å². The van der Waals surface area contributed by atoms with Gasteiger partial charge in [-0.15, -0.1) is 0 Å². The van der Waals surface area contributed by atoms with Crippen molar-refractivity contribution in [3.05, 3.63) is 70.4 Å². The number of hydrogen-bond donors (Lipinski definition) is 7. The Bertz CT molecular complexity index is 1250. The number of amides is 2. The molecule has 214 valence electrons. The second kappa shape index (κ2) is 14.7. The first-order valence-electron chi connectivity index (χ1n) is 12.0. The van der Waals surface area contributed by atoms with Gasteiger partial charge in [0.2, 0.25) is 5.91 Å². The number of aromatic carboxylic acids is 1. The van der Waals surface area contributed by atoms with Gasteiger partial charge in [-0.3, -0.25) is 24.9 Å². The minimum Gasteiger partial charge on any atom is -0.717 e. The lowest BCUT2D eigenvalue weighted by Gasteiger charge is -2.22. The maximum atomic E-state index is 13.1. The van der Waals surface area contributed by atoms with Crippen molar-refractivity contribution in [2.45, 2.75) is 38.3 Å². The summed E-state index contributed by atoms with van der Waals surface area (Å²) >= 11 is 0. The molecule has 0 aliphatic rings. The molecule has 2 aromatic carbocycles. The number of carboxylic acid groups (broad SMARTS) is 3. The highest BCUT2D eigenvalue weighted by molar-refractivity contribution is 5.94. The Morgan fingerprint density at radius 1 is 0.875 bits per heavy atom. The molecule has 40 heavy (non-hydrogen) atoms. The van der Waals surface area contributed by atoms with Crippen molar-refractivity contribution in [2.75, 3.05) is 6.61 Å². The van der Waals surface area contributed by atoms with Gasteiger partial charge >= 0.3 is 17.9 Å². The second-order valence-corrected chi connectivity index (χ2v) is 8.91. The largest absolute Gasteiger partial charge is 0.717 e. The number of rotatable bonds is 15. The van der Waals surface area contributed by atoms with Gasteiger partial charge in [0.1, 0.15) is 11.8 Å². The van der Waals surface area contributed by atoms with Gasteiger partial charge in [0, 0.05) is 12.3 Å². The summed E-state index contributed by atoms with van der Waals surface area (Å²) in [7, 11) is 0. The van der Waals surface area contributed by atoms with E-state index >= 15 is 0 Å². The summed E-state index contributed by atoms with van der Waals surface area (Å²) in [5, 5.41) is 45.6. The predicted molar refractivity (Wildman–Crippen MR) is 139 cm³/mol. The lowest BCUT2D eigenvalue weighted by atomic mass is 9.98. The average molecular weight is 559 g/mol. The number of ether oxygens (including phenoxy) is 1. The number of primary amides is 1. The lowest BCUT2D eigenvalue weighted by Crippen LogP contribution is -2.76. The van der Waals surface area contributed by atoms with Crippen LogP contribution in [0.2, 0.25) is 0 Å². The van der Waals surface area contributed by atoms with E-state index in [4.69, 9.17) is 25.8 Å². The Hall–Kier alpha value is -5.14. The molecule has 0 radical (unpaired) electrons. The Labute approximate surface area is 228 Å². The van der Waals surface area contributed by atoms with E-state index in [0.717, 1.165) is 5.56 Å². The minimum atomic E-state index is -1.46. The Morgan fingerprint density at radius 2 is 1.45 bits per heavy atom. The van der Waals surface area contributed by atoms with Crippen LogP contribution in [0.25, 0.3) is 0 Å². The van der Waals surface area contributed by atoms with E-state index in [1.807, 2.05) is 0 Å². The van der Waals surface area contributed by atoms with Crippen LogP contribution in [-0.4, -0.2) is 69.6 Å². The predicted octanol–water partition coefficient (Wildman–Crippen LogP) is -1.35. The van der Waals surface area contributed by atoms with Gasteiger partial charge in [-0.25, -0.2) is 9.59 Å². The number of aliphatic carboxylic acids is 2. The highest BCUT2D eigenvalue weighted by atomic mass is 16.5. The lowest BCUT2D eigenvalue weighted by molar-refractivity contribution is -0.378. The zero-order chi connectivity index (χ0) is 29.8. The fraction of sp³-hybridized carbons (Fsp3) is 0.308. The first-order valence-corrected chi connectivity index (χ1v) is 12.0. The van der Waals surface area contributed by atoms with Crippen molar-refractivity contribution in [1.29, 1.82) is 0 Å². The molecule has 14 nitrogen and oxygen atoms in total. The summed E-state index contributed by atoms with van der Waals surface area (Å²) in [6, 6.07) is 9.60. The molecule has 0 bridgehead atoms. The molecule has 0 spiro atoms. The molecular formula is C26H30N4O10. The maximum Gasteiger partial charge on any atom is 0.341 e. The van der Waals surface area contributed by atoms with Crippen LogP contribution >= 0.6 is 0 Å². The van der Waals surface area contributed by atoms with Gasteiger partial charge in [-0.05, 0) is 41.8 Å². The number of hydrogen-bond acceptors (Lipinski definition) is 7. The Balaban J connectivity index is 2.22. The summed E-state index contributed by atoms with van der Waals surface area (Å²) in [6.07, 6.45) is -0.483. The number of benzene rings is 2. The number of carboxylic acids is 3. The highest BCUT2D eigenvalue weighted by Crippen LogP contribution is 2.16. The van der Waals surface area contributed by atoms with Crippen molar-refractivity contribution < 1.29 is 49.2 Å². The fourth-order valence-corrected chi connectivity index (χ4v) is 3.66. The molecule has 0 saturated carbocycles. The normalized spacial score (nSPS) is 13.4. The van der Waals surface area contributed by atoms with Crippen LogP contribution in [0.4, 0.5) is 0 Å². The van der Waals surface area contributed by atoms with Gasteiger partial charge in [0.25, 0.3) is 11.7 Å². The van der Waals surface area contributed by atoms with Crippen LogP contribution in [0.1, 0.15) is 34.8 Å². The van der Waals surface area contributed by atoms with E-state index < -0.39 is 60.8 Å². The average Bonchev–Trinajstić information content (AvgIpc) is 2.90. The second-order valence-electron chi connectivity index (χ2n) is 8.91. The van der Waals surface area contributed by atoms with Gasteiger partial charge in [0.05, 0.1) is 12.0 Å². The molecule has 0 aliphatic heterocycles. The maximum absolute atomic E-state index is 13.1. The molecule has 2 aromatic rings. The molecule has 8 N–H and O–H groups in total. The minimum absolute atomic E-state index is 0.0237. The molecule has 3 atom stereocenters. The summed E-state index contributed by atoms with van der Waals surface area (Å²) in [5.41, 5.74) is 6.57. The monoisotopic (exact) mass is 558 g/mol. The van der Waals surface area contributed by atoms with Crippen molar-refractivity contribution in [2.24, 2.45) is 11.7 Å². The number of carbonyl (C=O) groups is 5. The van der Waals surface area contributed by atoms with Gasteiger partial charge in [-0.2, -0.15) is 0 Å². The topological polar surface area (TPSA) is 242 Å². The molecule has 0 unspecified atom stereocenters. The summed E-state index contributed by atoms with van der Waals surface area (Å²) in [6.45, 7) is 1.14. The van der Waals surface area contributed by atoms with Crippen LogP contribution in [-0.2, 0) is 32.0 Å². The number of amidine groups is 1. The fourth-order valence-electron chi connectivity index (χ4n) is 3.66. The molecule has 0 fully saturated rings. The first-order chi connectivity index (χ1) is 18.9. The number of nitrogens with two attached hydrogens (primary N) is 1. The van der Waals surface area contributed by atoms with Crippen LogP contribution in [0, 0.1) is 11.1 Å². The standard InChI is InChI=1S/C26H30N4O10/c1-14(10-15-4-8-18(9-5-15)40-13-22(33)34)25(36)29-20(11-16-2-6-17(7-3-16)26(37)38)24(30-39)28-19(23(27)35)12-21(31)32/h2-9,14,19-20,28,30H,10-13H2,1H3,(H6-,27,29,31,32,33,34,35,36,37,38,39)/b30-24-/t14-,19-,20-/m0/s1. The third-order valence-corrected chi connectivity index (χ3v) is 5.74. The van der Waals surface area contributed by atoms with Gasteiger partial charge in [-0.1, -0.05) is 31.2 Å². The van der Waals surface area contributed by atoms with Gasteiger partial charge < -0.3 is 36.3 Å². The molecular weight excluding hydrogens is 528 g/mol. The molecule has 0 aliphatic carbocycles. The van der Waals surface area contributed by atoms with Gasteiger partial charge in [0.15, 0.2) is 12.6 Å². The Kier molecular flexibility index (Phi) is 11.4. The molecule has 2 rings (SSSR count). The quantitative estimate of drug-likeness (QED) is 0.0583. The first kappa shape index (κ1) is 31.1. The third-order valence-electron chi connectivity index (χ3n) is 5.74. The third kappa shape index (κ3) is 9.96. The molecule has 0 saturated heterocycles. The van der Waals surface area contributed by atoms with Crippen LogP contribution in [0.15, 0.2) is 48.5 Å². The van der Waals surface area contributed by atoms with Crippen LogP contribution < -0.4 is 26.3 Å². The van der Waals surface area contributed by atoms with Crippen LogP contribution in [0.3, 0.4) is 0 Å². The Morgan fingerprint density at radius 3 is 1.95 bits per heavy atom. The smallest absolute Gasteiger partial charge is 0.341 e. The van der Waals surface area contributed by atoms with Crippen molar-refractivity contribution in [3.63, 3.8) is 0 Å². The molecule has 0 aromatic heterocycles. The summed E-state index contributed by atoms with van der Waals surface area (Å²) in [4.78, 5) is 57.9. The van der Waals surface area contributed by atoms with Crippen LogP contribution in [0.5, 0.6) is 5.75 Å². The van der Waals surface area contributed by atoms with E-state index in [2.05, 4.69) is 10.6 Å². The van der Waals surface area contributed by atoms with Crippen molar-refractivity contribution in [1.82, 2.24) is 10.6 Å². The highest BCUT2D eigenvalue weighted by Gasteiger charge is 2.31. The molecule has 14 heteroatoms. The zero-order valence-electron chi connectivity index (χ0n) is 21.5. The summed E-state index contributed by atoms with van der Waals surface area (Å²) < 4.78 is 5.09. The SMILES string of the molecule is C[C@@H](Cc1ccc(OCC(=O)O)cc1)C(=O)N[C@@H](Cc1ccc(C(=O)O)cc1)/C(N[C@@H](CC(=O)O)C(N)=O)=[NH+]/[O-]. The summed E-state index contributed by atoms with van der Waals surface area (Å²) in [5.74, 6) is -5.72. The van der Waals surface area contributed by atoms with E-state index in [-0.39, 0.29) is 24.2 Å². The van der Waals surface area contributed by atoms with E-state index in [1.165, 1.54) is 24.3 Å². The number of carbonyl (C=O) groups excluding carboxylic acids is 2. The van der Waals surface area contributed by atoms with E-state index in [0.29, 0.717) is 11.3 Å². The number of nitrogens with one attached hydrogen (secondary N) is 3. The van der Waals surface area contributed by atoms with Crippen molar-refractivity contribution >= 4 is 35.6 Å².